The van der Waals surface area contributed by atoms with Crippen molar-refractivity contribution in [2.24, 2.45) is 5.73 Å². The highest BCUT2D eigenvalue weighted by atomic mass is 16.5. The van der Waals surface area contributed by atoms with Gasteiger partial charge in [0.05, 0.1) is 0 Å². The Morgan fingerprint density at radius 3 is 2.80 bits per heavy atom. The zero-order chi connectivity index (χ0) is 10.9. The molecule has 0 radical (unpaired) electrons. The van der Waals surface area contributed by atoms with Crippen LogP contribution in [0, 0.1) is 0 Å². The number of ether oxygens (including phenoxy) is 1. The Balaban J connectivity index is 2.14. The average molecular weight is 213 g/mol. The van der Waals surface area contributed by atoms with Crippen molar-refractivity contribution >= 4 is 0 Å². The summed E-state index contributed by atoms with van der Waals surface area (Å²) in [6, 6.07) is 0. The number of aromatic nitrogens is 2. The van der Waals surface area contributed by atoms with Crippen LogP contribution in [-0.2, 0) is 17.8 Å². The van der Waals surface area contributed by atoms with Gasteiger partial charge in [-0.3, -0.25) is 0 Å². The number of rotatable bonds is 8. The maximum Gasteiger partial charge on any atom is 0.226 e. The molecule has 0 aromatic carbocycles. The predicted octanol–water partition coefficient (Wildman–Crippen LogP) is 1.28. The third kappa shape index (κ3) is 4.90. The van der Waals surface area contributed by atoms with Gasteiger partial charge in [-0.05, 0) is 19.4 Å². The van der Waals surface area contributed by atoms with E-state index >= 15 is 0 Å². The van der Waals surface area contributed by atoms with Crippen LogP contribution in [0.3, 0.4) is 0 Å². The lowest BCUT2D eigenvalue weighted by atomic mass is 10.1. The van der Waals surface area contributed by atoms with Crippen molar-refractivity contribution in [1.29, 1.82) is 0 Å². The Bertz CT molecular complexity index is 263. The summed E-state index contributed by atoms with van der Waals surface area (Å²) in [7, 11) is 1.61. The highest BCUT2D eigenvalue weighted by molar-refractivity contribution is 4.84. The Kier molecular flexibility index (Phi) is 5.96. The van der Waals surface area contributed by atoms with E-state index in [1.165, 1.54) is 12.8 Å². The number of nitrogens with two attached hydrogens (primary N) is 1. The SMILES string of the molecule is COCc1noc(CCCCCCN)n1. The van der Waals surface area contributed by atoms with E-state index < -0.39 is 0 Å². The molecule has 1 aromatic heterocycles. The van der Waals surface area contributed by atoms with Crippen LogP contribution in [0.15, 0.2) is 4.52 Å². The van der Waals surface area contributed by atoms with Crippen molar-refractivity contribution in [2.75, 3.05) is 13.7 Å². The van der Waals surface area contributed by atoms with E-state index in [9.17, 15) is 0 Å². The molecule has 0 amide bonds. The van der Waals surface area contributed by atoms with Crippen molar-refractivity contribution < 1.29 is 9.26 Å². The molecule has 0 bridgehead atoms. The average Bonchev–Trinajstić information content (AvgIpc) is 2.66. The van der Waals surface area contributed by atoms with E-state index in [1.54, 1.807) is 7.11 Å². The highest BCUT2D eigenvalue weighted by Gasteiger charge is 2.04. The van der Waals surface area contributed by atoms with Crippen LogP contribution >= 0.6 is 0 Å². The zero-order valence-electron chi connectivity index (χ0n) is 9.24. The fraction of sp³-hybridized carbons (Fsp3) is 0.800. The van der Waals surface area contributed by atoms with Gasteiger partial charge >= 0.3 is 0 Å². The lowest BCUT2D eigenvalue weighted by Crippen LogP contribution is -1.97. The zero-order valence-corrected chi connectivity index (χ0v) is 9.24. The largest absolute Gasteiger partial charge is 0.377 e. The fourth-order valence-electron chi connectivity index (χ4n) is 1.35. The second-order valence-electron chi connectivity index (χ2n) is 3.49. The summed E-state index contributed by atoms with van der Waals surface area (Å²) in [4.78, 5) is 4.19. The van der Waals surface area contributed by atoms with Gasteiger partial charge < -0.3 is 15.0 Å². The Morgan fingerprint density at radius 1 is 1.27 bits per heavy atom. The molecule has 15 heavy (non-hydrogen) atoms. The number of aryl methyl sites for hydroxylation is 1. The number of unbranched alkanes of at least 4 members (excludes halogenated alkanes) is 3. The first-order valence-corrected chi connectivity index (χ1v) is 5.37. The molecule has 0 saturated heterocycles. The topological polar surface area (TPSA) is 74.2 Å². The van der Waals surface area contributed by atoms with E-state index in [4.69, 9.17) is 15.0 Å². The molecule has 0 unspecified atom stereocenters. The second kappa shape index (κ2) is 7.36. The molecular weight excluding hydrogens is 194 g/mol. The quantitative estimate of drug-likeness (QED) is 0.658. The molecule has 0 aliphatic carbocycles. The van der Waals surface area contributed by atoms with Gasteiger partial charge in [-0.1, -0.05) is 18.0 Å². The van der Waals surface area contributed by atoms with Crippen molar-refractivity contribution in [2.45, 2.75) is 38.7 Å². The van der Waals surface area contributed by atoms with Gasteiger partial charge in [0.15, 0.2) is 5.82 Å². The molecule has 0 spiro atoms. The van der Waals surface area contributed by atoms with Gasteiger partial charge in [0.1, 0.15) is 6.61 Å². The molecule has 0 saturated carbocycles. The third-order valence-corrected chi connectivity index (χ3v) is 2.13. The number of nitrogens with zero attached hydrogens (tertiary/aromatic N) is 2. The molecule has 0 atom stereocenters. The summed E-state index contributed by atoms with van der Waals surface area (Å²) in [5.41, 5.74) is 5.40. The fourth-order valence-corrected chi connectivity index (χ4v) is 1.35. The van der Waals surface area contributed by atoms with Gasteiger partial charge in [0.25, 0.3) is 0 Å². The Morgan fingerprint density at radius 2 is 2.07 bits per heavy atom. The Labute approximate surface area is 90.0 Å². The summed E-state index contributed by atoms with van der Waals surface area (Å²) in [5.74, 6) is 1.32. The number of hydrogen-bond acceptors (Lipinski definition) is 5. The summed E-state index contributed by atoms with van der Waals surface area (Å²) < 4.78 is 9.96. The van der Waals surface area contributed by atoms with Crippen LogP contribution in [0.4, 0.5) is 0 Å². The Hall–Kier alpha value is -0.940. The van der Waals surface area contributed by atoms with E-state index in [0.717, 1.165) is 25.8 Å². The van der Waals surface area contributed by atoms with E-state index in [0.29, 0.717) is 18.3 Å². The van der Waals surface area contributed by atoms with Crippen LogP contribution in [0.25, 0.3) is 0 Å². The molecule has 1 rings (SSSR count). The van der Waals surface area contributed by atoms with Crippen LogP contribution in [0.2, 0.25) is 0 Å². The van der Waals surface area contributed by atoms with Crippen LogP contribution < -0.4 is 5.73 Å². The maximum atomic E-state index is 5.40. The van der Waals surface area contributed by atoms with Crippen molar-refractivity contribution in [3.05, 3.63) is 11.7 Å². The summed E-state index contributed by atoms with van der Waals surface area (Å²) >= 11 is 0. The van der Waals surface area contributed by atoms with Crippen LogP contribution in [-0.4, -0.2) is 23.8 Å². The molecular formula is C10H19N3O2. The van der Waals surface area contributed by atoms with E-state index in [2.05, 4.69) is 10.1 Å². The minimum absolute atomic E-state index is 0.413. The first-order chi connectivity index (χ1) is 7.36. The first-order valence-electron chi connectivity index (χ1n) is 5.37. The molecule has 1 aromatic rings. The minimum Gasteiger partial charge on any atom is -0.377 e. The molecule has 0 fully saturated rings. The molecule has 0 aliphatic rings. The number of hydrogen-bond donors (Lipinski definition) is 1. The highest BCUT2D eigenvalue weighted by Crippen LogP contribution is 2.06. The van der Waals surface area contributed by atoms with Crippen molar-refractivity contribution in [3.8, 4) is 0 Å². The van der Waals surface area contributed by atoms with E-state index in [-0.39, 0.29) is 0 Å². The number of methoxy groups -OCH3 is 1. The van der Waals surface area contributed by atoms with Gasteiger partial charge in [-0.25, -0.2) is 0 Å². The second-order valence-corrected chi connectivity index (χ2v) is 3.49. The maximum absolute atomic E-state index is 5.40. The predicted molar refractivity (Wildman–Crippen MR) is 56.2 cm³/mol. The summed E-state index contributed by atoms with van der Waals surface area (Å²) in [5, 5.41) is 3.79. The first kappa shape index (κ1) is 12.1. The monoisotopic (exact) mass is 213 g/mol. The van der Waals surface area contributed by atoms with Crippen molar-refractivity contribution in [1.82, 2.24) is 10.1 Å². The smallest absolute Gasteiger partial charge is 0.226 e. The van der Waals surface area contributed by atoms with Crippen LogP contribution in [0.1, 0.15) is 37.4 Å². The third-order valence-electron chi connectivity index (χ3n) is 2.13. The summed E-state index contributed by atoms with van der Waals surface area (Å²) in [6.45, 7) is 1.19. The molecule has 5 nitrogen and oxygen atoms in total. The lowest BCUT2D eigenvalue weighted by molar-refractivity contribution is 0.174. The van der Waals surface area contributed by atoms with Gasteiger partial charge in [0.2, 0.25) is 5.89 Å². The van der Waals surface area contributed by atoms with Gasteiger partial charge in [-0.2, -0.15) is 4.98 Å². The summed E-state index contributed by atoms with van der Waals surface area (Å²) in [6.07, 6.45) is 5.36. The van der Waals surface area contributed by atoms with E-state index in [1.807, 2.05) is 0 Å². The molecule has 0 aliphatic heterocycles. The van der Waals surface area contributed by atoms with Crippen molar-refractivity contribution in [3.63, 3.8) is 0 Å². The molecule has 86 valence electrons. The normalized spacial score (nSPS) is 10.8. The lowest BCUT2D eigenvalue weighted by Gasteiger charge is -1.96. The standard InChI is InChI=1S/C10H19N3O2/c1-14-8-9-12-10(15-13-9)6-4-2-3-5-7-11/h2-8,11H2,1H3. The van der Waals surface area contributed by atoms with Gasteiger partial charge in [-0.15, -0.1) is 0 Å². The molecule has 5 heteroatoms. The van der Waals surface area contributed by atoms with Gasteiger partial charge in [0, 0.05) is 13.5 Å². The molecule has 1 heterocycles. The minimum atomic E-state index is 0.413. The molecule has 2 N–H and O–H groups in total. The van der Waals surface area contributed by atoms with Crippen LogP contribution in [0.5, 0.6) is 0 Å².